The molecule has 6 nitrogen and oxygen atoms in total. The third-order valence-corrected chi connectivity index (χ3v) is 4.82. The first-order valence-corrected chi connectivity index (χ1v) is 8.64. The second-order valence-corrected chi connectivity index (χ2v) is 7.16. The predicted octanol–water partition coefficient (Wildman–Crippen LogP) is 1.43. The standard InChI is InChI=1S/C17H28N4O2/c1-5-21-16(6-15(18-21)12(2)3)17(22)20-8-13-7-19(4)9-14(20)11-23-10-13/h6,12-14H,5,7-11H2,1-4H3/t13-,14-/m0/s1. The summed E-state index contributed by atoms with van der Waals surface area (Å²) in [6.07, 6.45) is 0. The molecule has 1 amide bonds. The second-order valence-electron chi connectivity index (χ2n) is 7.16. The molecule has 2 fully saturated rings. The highest BCUT2D eigenvalue weighted by Gasteiger charge is 2.36. The maximum Gasteiger partial charge on any atom is 0.272 e. The Labute approximate surface area is 138 Å². The van der Waals surface area contributed by atoms with Gasteiger partial charge in [-0.2, -0.15) is 5.10 Å². The number of aryl methyl sites for hydroxylation is 1. The minimum absolute atomic E-state index is 0.0991. The molecule has 2 aliphatic rings. The minimum Gasteiger partial charge on any atom is -0.379 e. The van der Waals surface area contributed by atoms with Gasteiger partial charge < -0.3 is 14.5 Å². The van der Waals surface area contributed by atoms with E-state index in [1.807, 2.05) is 22.6 Å². The number of amides is 1. The third-order valence-electron chi connectivity index (χ3n) is 4.82. The largest absolute Gasteiger partial charge is 0.379 e. The number of fused-ring (bicyclic) bond motifs is 3. The van der Waals surface area contributed by atoms with Crippen molar-refractivity contribution in [3.05, 3.63) is 17.5 Å². The van der Waals surface area contributed by atoms with Gasteiger partial charge in [0.1, 0.15) is 5.69 Å². The van der Waals surface area contributed by atoms with Crippen molar-refractivity contribution in [3.8, 4) is 0 Å². The van der Waals surface area contributed by atoms with Crippen LogP contribution in [0.4, 0.5) is 0 Å². The Morgan fingerprint density at radius 2 is 2.13 bits per heavy atom. The van der Waals surface area contributed by atoms with E-state index in [0.717, 1.165) is 31.9 Å². The molecule has 0 aromatic carbocycles. The summed E-state index contributed by atoms with van der Waals surface area (Å²) < 4.78 is 7.63. The molecule has 6 heteroatoms. The van der Waals surface area contributed by atoms with Gasteiger partial charge in [0.25, 0.3) is 5.91 Å². The summed E-state index contributed by atoms with van der Waals surface area (Å²) in [5.74, 6) is 0.813. The van der Waals surface area contributed by atoms with Crippen LogP contribution in [-0.2, 0) is 11.3 Å². The number of ether oxygens (including phenoxy) is 1. The zero-order valence-corrected chi connectivity index (χ0v) is 14.7. The van der Waals surface area contributed by atoms with Crippen molar-refractivity contribution < 1.29 is 9.53 Å². The Kier molecular flexibility index (Phi) is 4.73. The van der Waals surface area contributed by atoms with Gasteiger partial charge in [0.05, 0.1) is 24.9 Å². The van der Waals surface area contributed by atoms with Crippen LogP contribution in [0, 0.1) is 5.92 Å². The molecule has 3 heterocycles. The fraction of sp³-hybridized carbons (Fsp3) is 0.765. The van der Waals surface area contributed by atoms with E-state index in [-0.39, 0.29) is 11.9 Å². The molecule has 0 saturated carbocycles. The number of hydrogen-bond acceptors (Lipinski definition) is 4. The van der Waals surface area contributed by atoms with Crippen molar-refractivity contribution in [1.82, 2.24) is 19.6 Å². The van der Waals surface area contributed by atoms with Gasteiger partial charge in [-0.15, -0.1) is 0 Å². The maximum atomic E-state index is 13.2. The van der Waals surface area contributed by atoms with Crippen LogP contribution in [0.3, 0.4) is 0 Å². The minimum atomic E-state index is 0.0991. The van der Waals surface area contributed by atoms with Gasteiger partial charge in [0.2, 0.25) is 0 Å². The lowest BCUT2D eigenvalue weighted by Gasteiger charge is -2.29. The van der Waals surface area contributed by atoms with Gasteiger partial charge in [0.15, 0.2) is 0 Å². The normalized spacial score (nSPS) is 25.7. The SMILES string of the molecule is CCn1nc(C(C)C)cc1C(=O)N1C[C@H]2COC[C@@H]1CN(C)C2. The van der Waals surface area contributed by atoms with Crippen LogP contribution in [-0.4, -0.2) is 71.4 Å². The molecule has 0 N–H and O–H groups in total. The quantitative estimate of drug-likeness (QED) is 0.845. The first kappa shape index (κ1) is 16.5. The molecular weight excluding hydrogens is 292 g/mol. The first-order chi connectivity index (χ1) is 11.0. The van der Waals surface area contributed by atoms with Crippen LogP contribution < -0.4 is 0 Å². The van der Waals surface area contributed by atoms with Crippen molar-refractivity contribution in [2.24, 2.45) is 5.92 Å². The van der Waals surface area contributed by atoms with Crippen LogP contribution in [0.1, 0.15) is 42.9 Å². The second kappa shape index (κ2) is 6.61. The summed E-state index contributed by atoms with van der Waals surface area (Å²) in [4.78, 5) is 17.6. The van der Waals surface area contributed by atoms with Crippen molar-refractivity contribution in [2.75, 3.05) is 39.9 Å². The van der Waals surface area contributed by atoms with Crippen molar-refractivity contribution in [2.45, 2.75) is 39.3 Å². The lowest BCUT2D eigenvalue weighted by molar-refractivity contribution is 0.0477. The molecule has 23 heavy (non-hydrogen) atoms. The Bertz CT molecular complexity index is 569. The summed E-state index contributed by atoms with van der Waals surface area (Å²) in [7, 11) is 2.13. The van der Waals surface area contributed by atoms with E-state index in [9.17, 15) is 4.79 Å². The fourth-order valence-corrected chi connectivity index (χ4v) is 3.61. The molecule has 0 aliphatic carbocycles. The zero-order chi connectivity index (χ0) is 16.6. The molecule has 0 radical (unpaired) electrons. The average Bonchev–Trinajstić information content (AvgIpc) is 2.75. The Balaban J connectivity index is 1.90. The van der Waals surface area contributed by atoms with E-state index in [2.05, 4.69) is 30.9 Å². The first-order valence-electron chi connectivity index (χ1n) is 8.64. The average molecular weight is 320 g/mol. The number of likely N-dealkylation sites (N-methyl/N-ethyl adjacent to an activating group) is 1. The van der Waals surface area contributed by atoms with Crippen molar-refractivity contribution >= 4 is 5.91 Å². The number of aromatic nitrogens is 2. The van der Waals surface area contributed by atoms with E-state index in [0.29, 0.717) is 30.7 Å². The molecule has 1 aromatic heterocycles. The van der Waals surface area contributed by atoms with Crippen LogP contribution in [0.15, 0.2) is 6.07 Å². The van der Waals surface area contributed by atoms with Crippen molar-refractivity contribution in [3.63, 3.8) is 0 Å². The molecule has 128 valence electrons. The van der Waals surface area contributed by atoms with E-state index in [1.54, 1.807) is 0 Å². The van der Waals surface area contributed by atoms with E-state index >= 15 is 0 Å². The monoisotopic (exact) mass is 320 g/mol. The molecule has 0 spiro atoms. The lowest BCUT2D eigenvalue weighted by atomic mass is 10.1. The highest BCUT2D eigenvalue weighted by atomic mass is 16.5. The third kappa shape index (κ3) is 3.28. The van der Waals surface area contributed by atoms with Crippen LogP contribution in [0.5, 0.6) is 0 Å². The number of nitrogens with zero attached hydrogens (tertiary/aromatic N) is 4. The van der Waals surface area contributed by atoms with E-state index in [1.165, 1.54) is 0 Å². The summed E-state index contributed by atoms with van der Waals surface area (Å²) in [5.41, 5.74) is 1.70. The predicted molar refractivity (Wildman–Crippen MR) is 88.6 cm³/mol. The van der Waals surface area contributed by atoms with Gasteiger partial charge in [-0.05, 0) is 26.0 Å². The summed E-state index contributed by atoms with van der Waals surface area (Å²) in [6.45, 7) is 11.0. The molecule has 3 rings (SSSR count). The molecule has 2 bridgehead atoms. The van der Waals surface area contributed by atoms with Crippen LogP contribution >= 0.6 is 0 Å². The molecule has 1 aromatic rings. The Hall–Kier alpha value is -1.40. The van der Waals surface area contributed by atoms with Crippen LogP contribution in [0.2, 0.25) is 0 Å². The molecular formula is C17H28N4O2. The number of carbonyl (C=O) groups is 1. The number of rotatable bonds is 3. The van der Waals surface area contributed by atoms with Crippen LogP contribution in [0.25, 0.3) is 0 Å². The smallest absolute Gasteiger partial charge is 0.272 e. The van der Waals surface area contributed by atoms with Gasteiger partial charge >= 0.3 is 0 Å². The molecule has 2 aliphatic heterocycles. The Morgan fingerprint density at radius 3 is 2.83 bits per heavy atom. The zero-order valence-electron chi connectivity index (χ0n) is 14.7. The Morgan fingerprint density at radius 1 is 1.35 bits per heavy atom. The van der Waals surface area contributed by atoms with Gasteiger partial charge in [-0.1, -0.05) is 13.8 Å². The molecule has 2 atom stereocenters. The lowest BCUT2D eigenvalue weighted by Crippen LogP contribution is -2.46. The van der Waals surface area contributed by atoms with E-state index in [4.69, 9.17) is 4.74 Å². The topological polar surface area (TPSA) is 50.6 Å². The van der Waals surface area contributed by atoms with Gasteiger partial charge in [-0.3, -0.25) is 9.48 Å². The highest BCUT2D eigenvalue weighted by molar-refractivity contribution is 5.93. The maximum absolute atomic E-state index is 13.2. The fourth-order valence-electron chi connectivity index (χ4n) is 3.61. The molecule has 0 unspecified atom stereocenters. The van der Waals surface area contributed by atoms with Gasteiger partial charge in [-0.25, -0.2) is 0 Å². The van der Waals surface area contributed by atoms with Crippen molar-refractivity contribution in [1.29, 1.82) is 0 Å². The van der Waals surface area contributed by atoms with E-state index < -0.39 is 0 Å². The molecule has 2 saturated heterocycles. The summed E-state index contributed by atoms with van der Waals surface area (Å²) >= 11 is 0. The number of hydrogen-bond donors (Lipinski definition) is 0. The number of carbonyl (C=O) groups excluding carboxylic acids is 1. The van der Waals surface area contributed by atoms with Gasteiger partial charge in [0, 0.05) is 32.1 Å². The summed E-state index contributed by atoms with van der Waals surface area (Å²) in [5, 5.41) is 4.60. The highest BCUT2D eigenvalue weighted by Crippen LogP contribution is 2.22. The summed E-state index contributed by atoms with van der Waals surface area (Å²) in [6, 6.07) is 2.10.